The van der Waals surface area contributed by atoms with Gasteiger partial charge in [-0.2, -0.15) is 0 Å². The van der Waals surface area contributed by atoms with Crippen molar-refractivity contribution >= 4 is 46.4 Å². The normalized spacial score (nSPS) is 11.0. The summed E-state index contributed by atoms with van der Waals surface area (Å²) in [7, 11) is 0. The zero-order valence-corrected chi connectivity index (χ0v) is 14.5. The van der Waals surface area contributed by atoms with Crippen molar-refractivity contribution < 1.29 is 9.63 Å². The van der Waals surface area contributed by atoms with E-state index in [4.69, 9.17) is 50.9 Å². The van der Waals surface area contributed by atoms with Crippen molar-refractivity contribution in [2.24, 2.45) is 0 Å². The minimum Gasteiger partial charge on any atom is -0.391 e. The van der Waals surface area contributed by atoms with E-state index in [0.29, 0.717) is 48.2 Å². The summed E-state index contributed by atoms with van der Waals surface area (Å²) in [6.45, 7) is -0.291. The lowest BCUT2D eigenvalue weighted by Gasteiger charge is -2.05. The molecule has 0 aliphatic carbocycles. The highest BCUT2D eigenvalue weighted by Crippen LogP contribution is 2.39. The average Bonchev–Trinajstić information content (AvgIpc) is 2.92. The smallest absolute Gasteiger partial charge is 0.174 e. The molecule has 0 saturated carbocycles. The zero-order chi connectivity index (χ0) is 16.6. The molecule has 0 bridgehead atoms. The van der Waals surface area contributed by atoms with Crippen LogP contribution in [0.15, 0.2) is 40.9 Å². The Labute approximate surface area is 152 Å². The molecule has 1 N–H and O–H groups in total. The van der Waals surface area contributed by atoms with Crippen LogP contribution < -0.4 is 0 Å². The van der Waals surface area contributed by atoms with Gasteiger partial charge >= 0.3 is 0 Å². The van der Waals surface area contributed by atoms with Gasteiger partial charge in [-0.3, -0.25) is 0 Å². The lowest BCUT2D eigenvalue weighted by atomic mass is 10.0. The number of aliphatic hydroxyl groups is 1. The molecule has 1 aromatic heterocycles. The largest absolute Gasteiger partial charge is 0.391 e. The van der Waals surface area contributed by atoms with E-state index >= 15 is 0 Å². The van der Waals surface area contributed by atoms with Gasteiger partial charge in [0.15, 0.2) is 5.76 Å². The van der Waals surface area contributed by atoms with Crippen LogP contribution >= 0.6 is 46.4 Å². The SMILES string of the molecule is OCc1c(-c2cc(Cl)cc(Cl)c2)noc1-c1cccc(Cl)c1Cl. The first-order valence-electron chi connectivity index (χ1n) is 6.51. The van der Waals surface area contributed by atoms with E-state index < -0.39 is 0 Å². The molecule has 118 valence electrons. The first kappa shape index (κ1) is 16.6. The number of aromatic nitrogens is 1. The Kier molecular flexibility index (Phi) is 4.85. The molecule has 0 unspecified atom stereocenters. The van der Waals surface area contributed by atoms with Crippen LogP contribution in [0.2, 0.25) is 20.1 Å². The number of rotatable bonds is 3. The molecule has 23 heavy (non-hydrogen) atoms. The molecule has 3 aromatic rings. The van der Waals surface area contributed by atoms with Gasteiger partial charge in [0.1, 0.15) is 5.69 Å². The Bertz CT molecular complexity index is 856. The third kappa shape index (κ3) is 3.21. The van der Waals surface area contributed by atoms with Crippen molar-refractivity contribution in [2.45, 2.75) is 6.61 Å². The molecular weight excluding hydrogens is 380 g/mol. The molecule has 0 saturated heterocycles. The molecule has 3 rings (SSSR count). The van der Waals surface area contributed by atoms with Crippen molar-refractivity contribution in [3.63, 3.8) is 0 Å². The van der Waals surface area contributed by atoms with Crippen LogP contribution in [0.4, 0.5) is 0 Å². The summed E-state index contributed by atoms with van der Waals surface area (Å²) in [5.74, 6) is 0.353. The van der Waals surface area contributed by atoms with Gasteiger partial charge in [0.2, 0.25) is 0 Å². The highest BCUT2D eigenvalue weighted by molar-refractivity contribution is 6.43. The van der Waals surface area contributed by atoms with Gasteiger partial charge in [0.25, 0.3) is 0 Å². The second-order valence-electron chi connectivity index (χ2n) is 4.76. The topological polar surface area (TPSA) is 46.3 Å². The maximum atomic E-state index is 9.77. The molecule has 0 aliphatic heterocycles. The van der Waals surface area contributed by atoms with Gasteiger partial charge in [0, 0.05) is 21.2 Å². The fraction of sp³-hybridized carbons (Fsp3) is 0.0625. The summed E-state index contributed by atoms with van der Waals surface area (Å²) in [6, 6.07) is 10.1. The van der Waals surface area contributed by atoms with Gasteiger partial charge in [-0.05, 0) is 30.3 Å². The van der Waals surface area contributed by atoms with Crippen LogP contribution in [0.3, 0.4) is 0 Å². The van der Waals surface area contributed by atoms with Crippen LogP contribution in [0, 0.1) is 0 Å². The monoisotopic (exact) mass is 387 g/mol. The fourth-order valence-electron chi connectivity index (χ4n) is 2.26. The molecule has 0 aliphatic rings. The number of aliphatic hydroxyl groups excluding tert-OH is 1. The summed E-state index contributed by atoms with van der Waals surface area (Å²) in [5, 5.41) is 15.4. The molecule has 0 fully saturated rings. The van der Waals surface area contributed by atoms with E-state index in [0.717, 1.165) is 0 Å². The Morgan fingerprint density at radius 2 is 1.70 bits per heavy atom. The predicted octanol–water partition coefficient (Wildman–Crippen LogP) is 6.11. The first-order chi connectivity index (χ1) is 11.0. The molecule has 0 atom stereocenters. The Hall–Kier alpha value is -1.23. The summed E-state index contributed by atoms with van der Waals surface area (Å²) < 4.78 is 5.40. The van der Waals surface area contributed by atoms with Gasteiger partial charge in [-0.25, -0.2) is 0 Å². The van der Waals surface area contributed by atoms with Crippen molar-refractivity contribution in [2.75, 3.05) is 0 Å². The highest BCUT2D eigenvalue weighted by atomic mass is 35.5. The number of hydrogen-bond donors (Lipinski definition) is 1. The van der Waals surface area contributed by atoms with Gasteiger partial charge in [-0.15, -0.1) is 0 Å². The summed E-state index contributed by atoms with van der Waals surface area (Å²) >= 11 is 24.3. The molecule has 2 aromatic carbocycles. The van der Waals surface area contributed by atoms with Crippen molar-refractivity contribution in [3.05, 3.63) is 62.1 Å². The molecule has 3 nitrogen and oxygen atoms in total. The maximum Gasteiger partial charge on any atom is 0.174 e. The highest BCUT2D eigenvalue weighted by Gasteiger charge is 2.21. The van der Waals surface area contributed by atoms with E-state index in [1.54, 1.807) is 36.4 Å². The second kappa shape index (κ2) is 6.71. The summed E-state index contributed by atoms with van der Waals surface area (Å²) in [5.41, 5.74) is 2.12. The third-order valence-corrected chi connectivity index (χ3v) is 4.53. The summed E-state index contributed by atoms with van der Waals surface area (Å²) in [4.78, 5) is 0. The maximum absolute atomic E-state index is 9.77. The van der Waals surface area contributed by atoms with E-state index in [1.165, 1.54) is 0 Å². The van der Waals surface area contributed by atoms with E-state index in [1.807, 2.05) is 0 Å². The number of benzene rings is 2. The van der Waals surface area contributed by atoms with Gasteiger partial charge in [-0.1, -0.05) is 57.6 Å². The fourth-order valence-corrected chi connectivity index (χ4v) is 3.18. The molecular formula is C16H9Cl4NO2. The number of hydrogen-bond acceptors (Lipinski definition) is 3. The predicted molar refractivity (Wildman–Crippen MR) is 93.3 cm³/mol. The number of halogens is 4. The minimum absolute atomic E-state index is 0.291. The average molecular weight is 389 g/mol. The van der Waals surface area contributed by atoms with E-state index in [9.17, 15) is 5.11 Å². The molecule has 0 amide bonds. The Morgan fingerprint density at radius 3 is 2.35 bits per heavy atom. The minimum atomic E-state index is -0.291. The molecule has 7 heteroatoms. The standard InChI is InChI=1S/C16H9Cl4NO2/c17-9-4-8(5-10(18)6-9)15-12(7-22)16(23-21-15)11-2-1-3-13(19)14(11)20/h1-6,22H,7H2. The van der Waals surface area contributed by atoms with Gasteiger partial charge in [0.05, 0.1) is 22.2 Å². The van der Waals surface area contributed by atoms with Crippen molar-refractivity contribution in [3.8, 4) is 22.6 Å². The van der Waals surface area contributed by atoms with Crippen LogP contribution in [0.1, 0.15) is 5.56 Å². The number of nitrogens with zero attached hydrogens (tertiary/aromatic N) is 1. The van der Waals surface area contributed by atoms with Crippen LogP contribution in [-0.4, -0.2) is 10.3 Å². The first-order valence-corrected chi connectivity index (χ1v) is 8.02. The summed E-state index contributed by atoms with van der Waals surface area (Å²) in [6.07, 6.45) is 0. The van der Waals surface area contributed by atoms with Crippen LogP contribution in [0.5, 0.6) is 0 Å². The zero-order valence-electron chi connectivity index (χ0n) is 11.5. The molecule has 0 radical (unpaired) electrons. The lowest BCUT2D eigenvalue weighted by Crippen LogP contribution is -1.90. The quantitative estimate of drug-likeness (QED) is 0.588. The van der Waals surface area contributed by atoms with E-state index in [2.05, 4.69) is 5.16 Å². The van der Waals surface area contributed by atoms with Crippen LogP contribution in [-0.2, 0) is 6.61 Å². The third-order valence-electron chi connectivity index (χ3n) is 3.28. The lowest BCUT2D eigenvalue weighted by molar-refractivity contribution is 0.281. The van der Waals surface area contributed by atoms with E-state index in [-0.39, 0.29) is 6.61 Å². The van der Waals surface area contributed by atoms with Crippen molar-refractivity contribution in [1.82, 2.24) is 5.16 Å². The molecule has 1 heterocycles. The van der Waals surface area contributed by atoms with Crippen molar-refractivity contribution in [1.29, 1.82) is 0 Å². The Balaban J connectivity index is 2.19. The van der Waals surface area contributed by atoms with Gasteiger partial charge < -0.3 is 9.63 Å². The Morgan fingerprint density at radius 1 is 1.00 bits per heavy atom. The molecule has 0 spiro atoms. The van der Waals surface area contributed by atoms with Crippen LogP contribution in [0.25, 0.3) is 22.6 Å². The second-order valence-corrected chi connectivity index (χ2v) is 6.41.